The van der Waals surface area contributed by atoms with Crippen LogP contribution in [0.5, 0.6) is 0 Å². The lowest BCUT2D eigenvalue weighted by Crippen LogP contribution is -2.09. The van der Waals surface area contributed by atoms with E-state index in [9.17, 15) is 0 Å². The molecule has 1 aliphatic heterocycles. The van der Waals surface area contributed by atoms with Gasteiger partial charge in [-0.3, -0.25) is 0 Å². The van der Waals surface area contributed by atoms with Crippen LogP contribution in [0.3, 0.4) is 0 Å². The number of aliphatic hydroxyl groups excluding tert-OH is 1. The number of fused-ring (bicyclic) bond motifs is 1. The van der Waals surface area contributed by atoms with Crippen LogP contribution < -0.4 is 5.32 Å². The Morgan fingerprint density at radius 3 is 3.14 bits per heavy atom. The first kappa shape index (κ1) is 10.0. The second kappa shape index (κ2) is 4.33. The van der Waals surface area contributed by atoms with E-state index in [1.54, 1.807) is 11.8 Å². The number of nitrogens with one attached hydrogen (secondary N) is 1. The number of halogens is 1. The molecule has 0 bridgehead atoms. The molecule has 1 aromatic rings. The Labute approximate surface area is 91.1 Å². The van der Waals surface area contributed by atoms with Crippen LogP contribution in [0, 0.1) is 0 Å². The standard InChI is InChI=1S/C8H10ClN3OS/c9-8-11-5-1-4-14-6(5)7(12-8)10-2-3-13/h13H,1-4H2,(H,10,11,12). The minimum Gasteiger partial charge on any atom is -0.395 e. The van der Waals surface area contributed by atoms with Crippen LogP contribution >= 0.6 is 23.4 Å². The molecule has 2 heterocycles. The number of thioether (sulfide) groups is 1. The van der Waals surface area contributed by atoms with Gasteiger partial charge in [-0.15, -0.1) is 11.8 Å². The second-order valence-electron chi connectivity index (χ2n) is 2.87. The summed E-state index contributed by atoms with van der Waals surface area (Å²) in [4.78, 5) is 9.32. The van der Waals surface area contributed by atoms with Gasteiger partial charge in [0.1, 0.15) is 5.82 Å². The van der Waals surface area contributed by atoms with E-state index in [2.05, 4.69) is 15.3 Å². The summed E-state index contributed by atoms with van der Waals surface area (Å²) in [6.07, 6.45) is 0.941. The van der Waals surface area contributed by atoms with Gasteiger partial charge >= 0.3 is 0 Å². The number of anilines is 1. The van der Waals surface area contributed by atoms with Crippen molar-refractivity contribution >= 4 is 29.2 Å². The number of rotatable bonds is 3. The van der Waals surface area contributed by atoms with Crippen molar-refractivity contribution in [2.24, 2.45) is 0 Å². The van der Waals surface area contributed by atoms with Gasteiger partial charge in [0, 0.05) is 18.7 Å². The minimum atomic E-state index is 0.0844. The van der Waals surface area contributed by atoms with Gasteiger partial charge in [-0.25, -0.2) is 4.98 Å². The first-order valence-corrected chi connectivity index (χ1v) is 5.71. The fourth-order valence-electron chi connectivity index (χ4n) is 1.33. The third-order valence-electron chi connectivity index (χ3n) is 1.90. The van der Waals surface area contributed by atoms with Gasteiger partial charge in [0.2, 0.25) is 5.28 Å². The van der Waals surface area contributed by atoms with Gasteiger partial charge in [0.05, 0.1) is 17.2 Å². The smallest absolute Gasteiger partial charge is 0.224 e. The first-order chi connectivity index (χ1) is 6.81. The van der Waals surface area contributed by atoms with Crippen molar-refractivity contribution in [1.82, 2.24) is 9.97 Å². The summed E-state index contributed by atoms with van der Waals surface area (Å²) in [6, 6.07) is 0. The summed E-state index contributed by atoms with van der Waals surface area (Å²) in [7, 11) is 0. The van der Waals surface area contributed by atoms with Crippen molar-refractivity contribution in [1.29, 1.82) is 0 Å². The highest BCUT2D eigenvalue weighted by molar-refractivity contribution is 7.99. The number of hydrogen-bond acceptors (Lipinski definition) is 5. The molecular formula is C8H10ClN3OS. The SMILES string of the molecule is OCCNc1nc(Cl)nc2c1SCC2. The third kappa shape index (κ3) is 1.94. The zero-order valence-electron chi connectivity index (χ0n) is 7.46. The highest BCUT2D eigenvalue weighted by Gasteiger charge is 2.19. The Morgan fingerprint density at radius 1 is 1.50 bits per heavy atom. The van der Waals surface area contributed by atoms with E-state index in [4.69, 9.17) is 16.7 Å². The Hall–Kier alpha value is -0.520. The van der Waals surface area contributed by atoms with Crippen LogP contribution in [0.15, 0.2) is 4.90 Å². The molecule has 0 aliphatic carbocycles. The molecule has 0 amide bonds. The molecule has 14 heavy (non-hydrogen) atoms. The van der Waals surface area contributed by atoms with Gasteiger partial charge < -0.3 is 10.4 Å². The molecule has 4 nitrogen and oxygen atoms in total. The van der Waals surface area contributed by atoms with E-state index in [1.165, 1.54) is 0 Å². The summed E-state index contributed by atoms with van der Waals surface area (Å²) in [5.74, 6) is 1.77. The number of aliphatic hydroxyl groups is 1. The largest absolute Gasteiger partial charge is 0.395 e. The predicted octanol–water partition coefficient (Wildman–Crippen LogP) is 1.18. The molecule has 0 fully saturated rings. The molecule has 0 saturated heterocycles. The second-order valence-corrected chi connectivity index (χ2v) is 4.31. The zero-order valence-corrected chi connectivity index (χ0v) is 9.03. The minimum absolute atomic E-state index is 0.0844. The molecule has 76 valence electrons. The summed E-state index contributed by atoms with van der Waals surface area (Å²) >= 11 is 7.50. The topological polar surface area (TPSA) is 58.0 Å². The van der Waals surface area contributed by atoms with Gasteiger partial charge in [0.25, 0.3) is 0 Å². The van der Waals surface area contributed by atoms with Crippen LogP contribution in [-0.2, 0) is 6.42 Å². The van der Waals surface area contributed by atoms with Crippen LogP contribution in [0.4, 0.5) is 5.82 Å². The molecule has 0 unspecified atom stereocenters. The average molecular weight is 232 g/mol. The predicted molar refractivity (Wildman–Crippen MR) is 57.0 cm³/mol. The van der Waals surface area contributed by atoms with E-state index < -0.39 is 0 Å². The molecule has 0 radical (unpaired) electrons. The molecule has 0 atom stereocenters. The number of aromatic nitrogens is 2. The number of hydrogen-bond donors (Lipinski definition) is 2. The normalized spacial score (nSPS) is 14.1. The number of aryl methyl sites for hydroxylation is 1. The molecular weight excluding hydrogens is 222 g/mol. The fraction of sp³-hybridized carbons (Fsp3) is 0.500. The Kier molecular flexibility index (Phi) is 3.10. The van der Waals surface area contributed by atoms with Crippen LogP contribution in [-0.4, -0.2) is 34.0 Å². The molecule has 0 spiro atoms. The quantitative estimate of drug-likeness (QED) is 0.766. The lowest BCUT2D eigenvalue weighted by molar-refractivity contribution is 0.311. The first-order valence-electron chi connectivity index (χ1n) is 4.35. The summed E-state index contributed by atoms with van der Waals surface area (Å²) in [5, 5.41) is 12.0. The lowest BCUT2D eigenvalue weighted by Gasteiger charge is -2.07. The molecule has 2 N–H and O–H groups in total. The van der Waals surface area contributed by atoms with E-state index in [1.807, 2.05) is 0 Å². The maximum absolute atomic E-state index is 8.70. The lowest BCUT2D eigenvalue weighted by atomic mass is 10.3. The van der Waals surface area contributed by atoms with Crippen molar-refractivity contribution in [2.75, 3.05) is 24.2 Å². The maximum atomic E-state index is 8.70. The van der Waals surface area contributed by atoms with Crippen molar-refractivity contribution in [2.45, 2.75) is 11.3 Å². The van der Waals surface area contributed by atoms with Gasteiger partial charge in [0.15, 0.2) is 0 Å². The van der Waals surface area contributed by atoms with E-state index in [0.29, 0.717) is 6.54 Å². The third-order valence-corrected chi connectivity index (χ3v) is 3.19. The molecule has 0 saturated carbocycles. The summed E-state index contributed by atoms with van der Waals surface area (Å²) < 4.78 is 0. The highest BCUT2D eigenvalue weighted by atomic mass is 35.5. The average Bonchev–Trinajstić information content (AvgIpc) is 2.61. The zero-order chi connectivity index (χ0) is 9.97. The molecule has 1 aromatic heterocycles. The van der Waals surface area contributed by atoms with Crippen molar-refractivity contribution in [3.63, 3.8) is 0 Å². The van der Waals surface area contributed by atoms with Crippen LogP contribution in [0.2, 0.25) is 5.28 Å². The highest BCUT2D eigenvalue weighted by Crippen LogP contribution is 2.35. The van der Waals surface area contributed by atoms with E-state index >= 15 is 0 Å². The Morgan fingerprint density at radius 2 is 2.36 bits per heavy atom. The van der Waals surface area contributed by atoms with E-state index in [-0.39, 0.29) is 11.9 Å². The summed E-state index contributed by atoms with van der Waals surface area (Å²) in [5.41, 5.74) is 1.01. The van der Waals surface area contributed by atoms with Crippen molar-refractivity contribution in [3.05, 3.63) is 11.0 Å². The van der Waals surface area contributed by atoms with Gasteiger partial charge in [-0.1, -0.05) is 0 Å². The number of nitrogens with zero attached hydrogens (tertiary/aromatic N) is 2. The summed E-state index contributed by atoms with van der Waals surface area (Å²) in [6.45, 7) is 0.571. The Bertz CT molecular complexity index is 348. The molecule has 6 heteroatoms. The van der Waals surface area contributed by atoms with Crippen molar-refractivity contribution in [3.8, 4) is 0 Å². The maximum Gasteiger partial charge on any atom is 0.224 e. The van der Waals surface area contributed by atoms with Gasteiger partial charge in [-0.05, 0) is 11.6 Å². The van der Waals surface area contributed by atoms with Crippen molar-refractivity contribution < 1.29 is 5.11 Å². The molecule has 2 rings (SSSR count). The molecule has 1 aliphatic rings. The fourth-order valence-corrected chi connectivity index (χ4v) is 2.59. The van der Waals surface area contributed by atoms with Gasteiger partial charge in [-0.2, -0.15) is 4.98 Å². The van der Waals surface area contributed by atoms with Crippen LogP contribution in [0.1, 0.15) is 5.69 Å². The monoisotopic (exact) mass is 231 g/mol. The molecule has 0 aromatic carbocycles. The van der Waals surface area contributed by atoms with Crippen LogP contribution in [0.25, 0.3) is 0 Å². The van der Waals surface area contributed by atoms with E-state index in [0.717, 1.165) is 28.6 Å². The Balaban J connectivity index is 2.29.